The van der Waals surface area contributed by atoms with Crippen LogP contribution in [0.4, 0.5) is 5.69 Å². The second-order valence-corrected chi connectivity index (χ2v) is 4.58. The first-order chi connectivity index (χ1) is 7.20. The third-order valence-corrected chi connectivity index (χ3v) is 3.08. The molecule has 78 valence electrons. The number of benzene rings is 1. The summed E-state index contributed by atoms with van der Waals surface area (Å²) in [6, 6.07) is 7.75. The molecule has 0 bridgehead atoms. The maximum absolute atomic E-state index is 9.46. The number of hydrogen-bond acceptors (Lipinski definition) is 3. The number of hydrogen-bond donors (Lipinski definition) is 1. The largest absolute Gasteiger partial charge is 0.391 e. The lowest BCUT2D eigenvalue weighted by molar-refractivity contribution is 0.198. The summed E-state index contributed by atoms with van der Waals surface area (Å²) in [4.78, 5) is 2.05. The van der Waals surface area contributed by atoms with Crippen LogP contribution in [0.25, 0.3) is 0 Å². The number of nitriles is 1. The van der Waals surface area contributed by atoms with Crippen molar-refractivity contribution >= 4 is 21.6 Å². The monoisotopic (exact) mass is 266 g/mol. The summed E-state index contributed by atoms with van der Waals surface area (Å²) in [6.45, 7) is 1.43. The van der Waals surface area contributed by atoms with Crippen LogP contribution in [0.15, 0.2) is 22.7 Å². The Morgan fingerprint density at radius 1 is 1.53 bits per heavy atom. The van der Waals surface area contributed by atoms with E-state index in [9.17, 15) is 5.11 Å². The Labute approximate surface area is 97.1 Å². The van der Waals surface area contributed by atoms with E-state index in [1.807, 2.05) is 17.0 Å². The van der Waals surface area contributed by atoms with Crippen LogP contribution in [0.5, 0.6) is 0 Å². The van der Waals surface area contributed by atoms with Gasteiger partial charge in [-0.1, -0.05) is 15.9 Å². The molecule has 0 radical (unpaired) electrons. The molecule has 0 amide bonds. The first kappa shape index (κ1) is 10.5. The summed E-state index contributed by atoms with van der Waals surface area (Å²) >= 11 is 3.39. The molecule has 4 heteroatoms. The molecular weight excluding hydrogens is 256 g/mol. The number of β-amino-alcohol motifs (C(OH)–C–C–N with tert-alkyl or cyclic N) is 1. The predicted octanol–water partition coefficient (Wildman–Crippen LogP) is 1.89. The van der Waals surface area contributed by atoms with Crippen molar-refractivity contribution in [3.8, 4) is 6.07 Å². The first-order valence-corrected chi connectivity index (χ1v) is 5.62. The third-order valence-electron chi connectivity index (χ3n) is 2.58. The molecule has 1 aliphatic rings. The van der Waals surface area contributed by atoms with Crippen molar-refractivity contribution in [2.24, 2.45) is 0 Å². The summed E-state index contributed by atoms with van der Waals surface area (Å²) < 4.78 is 0.956. The number of nitrogens with zero attached hydrogens (tertiary/aromatic N) is 2. The van der Waals surface area contributed by atoms with Crippen LogP contribution < -0.4 is 4.90 Å². The van der Waals surface area contributed by atoms with Crippen LogP contribution in [0.3, 0.4) is 0 Å². The Kier molecular flexibility index (Phi) is 2.94. The quantitative estimate of drug-likeness (QED) is 0.845. The molecule has 3 nitrogen and oxygen atoms in total. The van der Waals surface area contributed by atoms with Gasteiger partial charge in [0.15, 0.2) is 0 Å². The molecule has 0 spiro atoms. The molecule has 0 saturated carbocycles. The van der Waals surface area contributed by atoms with Crippen LogP contribution >= 0.6 is 15.9 Å². The van der Waals surface area contributed by atoms with E-state index >= 15 is 0 Å². The highest BCUT2D eigenvalue weighted by Crippen LogP contribution is 2.27. The summed E-state index contributed by atoms with van der Waals surface area (Å²) in [5.74, 6) is 0. The minimum atomic E-state index is -0.268. The average Bonchev–Trinajstić information content (AvgIpc) is 2.65. The minimum absolute atomic E-state index is 0.268. The van der Waals surface area contributed by atoms with Crippen molar-refractivity contribution in [3.05, 3.63) is 28.2 Å². The van der Waals surface area contributed by atoms with Crippen LogP contribution in [0, 0.1) is 11.3 Å². The second kappa shape index (κ2) is 4.21. The van der Waals surface area contributed by atoms with Crippen molar-refractivity contribution in [3.63, 3.8) is 0 Å². The standard InChI is InChI=1S/C11H11BrN2O/c12-9-2-1-8(6-13)11(5-9)14-4-3-10(15)7-14/h1-2,5,10,15H,3-4,7H2. The number of aliphatic hydroxyl groups excluding tert-OH is 1. The highest BCUT2D eigenvalue weighted by Gasteiger charge is 2.22. The van der Waals surface area contributed by atoms with Gasteiger partial charge in [0.1, 0.15) is 6.07 Å². The Hall–Kier alpha value is -1.05. The zero-order chi connectivity index (χ0) is 10.8. The highest BCUT2D eigenvalue weighted by atomic mass is 79.9. The van der Waals surface area contributed by atoms with Gasteiger partial charge in [0.25, 0.3) is 0 Å². The van der Waals surface area contributed by atoms with Crippen LogP contribution in [-0.4, -0.2) is 24.3 Å². The van der Waals surface area contributed by atoms with Gasteiger partial charge >= 0.3 is 0 Å². The molecule has 15 heavy (non-hydrogen) atoms. The molecule has 1 N–H and O–H groups in total. The van der Waals surface area contributed by atoms with Gasteiger partial charge < -0.3 is 10.0 Å². The summed E-state index contributed by atoms with van der Waals surface area (Å²) in [6.07, 6.45) is 0.507. The predicted molar refractivity (Wildman–Crippen MR) is 61.7 cm³/mol. The second-order valence-electron chi connectivity index (χ2n) is 3.66. The average molecular weight is 267 g/mol. The van der Waals surface area contributed by atoms with E-state index < -0.39 is 0 Å². The van der Waals surface area contributed by atoms with Crippen molar-refractivity contribution in [2.75, 3.05) is 18.0 Å². The van der Waals surface area contributed by atoms with Gasteiger partial charge in [-0.15, -0.1) is 0 Å². The Morgan fingerprint density at radius 2 is 2.33 bits per heavy atom. The molecule has 1 aliphatic heterocycles. The van der Waals surface area contributed by atoms with E-state index in [1.54, 1.807) is 6.07 Å². The maximum Gasteiger partial charge on any atom is 0.101 e. The van der Waals surface area contributed by atoms with Gasteiger partial charge in [-0.3, -0.25) is 0 Å². The molecule has 0 aromatic heterocycles. The summed E-state index contributed by atoms with van der Waals surface area (Å²) in [5.41, 5.74) is 1.57. The topological polar surface area (TPSA) is 47.3 Å². The summed E-state index contributed by atoms with van der Waals surface area (Å²) in [5, 5.41) is 18.4. The lowest BCUT2D eigenvalue weighted by Gasteiger charge is -2.19. The van der Waals surface area contributed by atoms with Gasteiger partial charge in [-0.2, -0.15) is 5.26 Å². The zero-order valence-electron chi connectivity index (χ0n) is 8.15. The molecular formula is C11H11BrN2O. The highest BCUT2D eigenvalue weighted by molar-refractivity contribution is 9.10. The molecule has 1 unspecified atom stereocenters. The van der Waals surface area contributed by atoms with E-state index in [1.165, 1.54) is 0 Å². The van der Waals surface area contributed by atoms with Gasteiger partial charge in [-0.05, 0) is 24.6 Å². The SMILES string of the molecule is N#Cc1ccc(Br)cc1N1CCC(O)C1. The van der Waals surface area contributed by atoms with Crippen molar-refractivity contribution in [2.45, 2.75) is 12.5 Å². The maximum atomic E-state index is 9.46. The van der Waals surface area contributed by atoms with Crippen molar-refractivity contribution in [1.82, 2.24) is 0 Å². The fraction of sp³-hybridized carbons (Fsp3) is 0.364. The van der Waals surface area contributed by atoms with E-state index in [0.717, 1.165) is 23.1 Å². The minimum Gasteiger partial charge on any atom is -0.391 e. The molecule has 1 heterocycles. The third kappa shape index (κ3) is 2.14. The molecule has 2 rings (SSSR count). The Bertz CT molecular complexity index is 414. The van der Waals surface area contributed by atoms with E-state index in [-0.39, 0.29) is 6.10 Å². The lowest BCUT2D eigenvalue weighted by atomic mass is 10.2. The smallest absolute Gasteiger partial charge is 0.101 e. The lowest BCUT2D eigenvalue weighted by Crippen LogP contribution is -2.22. The van der Waals surface area contributed by atoms with Crippen LogP contribution in [-0.2, 0) is 0 Å². The Morgan fingerprint density at radius 3 is 2.93 bits per heavy atom. The molecule has 0 aliphatic carbocycles. The van der Waals surface area contributed by atoms with Crippen molar-refractivity contribution < 1.29 is 5.11 Å². The summed E-state index contributed by atoms with van der Waals surface area (Å²) in [7, 11) is 0. The molecule has 1 aromatic rings. The van der Waals surface area contributed by atoms with Gasteiger partial charge in [0.05, 0.1) is 17.4 Å². The Balaban J connectivity index is 2.34. The van der Waals surface area contributed by atoms with Crippen molar-refractivity contribution in [1.29, 1.82) is 5.26 Å². The van der Waals surface area contributed by atoms with E-state index in [0.29, 0.717) is 12.1 Å². The first-order valence-electron chi connectivity index (χ1n) is 4.83. The van der Waals surface area contributed by atoms with E-state index in [2.05, 4.69) is 22.0 Å². The normalized spacial score (nSPS) is 20.3. The fourth-order valence-electron chi connectivity index (χ4n) is 1.82. The van der Waals surface area contributed by atoms with Crippen LogP contribution in [0.1, 0.15) is 12.0 Å². The van der Waals surface area contributed by atoms with Crippen LogP contribution in [0.2, 0.25) is 0 Å². The number of anilines is 1. The van der Waals surface area contributed by atoms with Gasteiger partial charge in [-0.25, -0.2) is 0 Å². The molecule has 1 aromatic carbocycles. The fourth-order valence-corrected chi connectivity index (χ4v) is 2.17. The van der Waals surface area contributed by atoms with Gasteiger partial charge in [0, 0.05) is 17.6 Å². The molecule has 1 saturated heterocycles. The van der Waals surface area contributed by atoms with Gasteiger partial charge in [0.2, 0.25) is 0 Å². The van der Waals surface area contributed by atoms with E-state index in [4.69, 9.17) is 5.26 Å². The number of halogens is 1. The number of aliphatic hydroxyl groups is 1. The number of rotatable bonds is 1. The molecule has 1 atom stereocenters. The zero-order valence-corrected chi connectivity index (χ0v) is 9.74. The molecule has 1 fully saturated rings.